The molecule has 2 aliphatic rings. The summed E-state index contributed by atoms with van der Waals surface area (Å²) in [5, 5.41) is 4.13. The van der Waals surface area contributed by atoms with Crippen molar-refractivity contribution in [1.82, 2.24) is 9.29 Å². The van der Waals surface area contributed by atoms with Crippen LogP contribution in [0.15, 0.2) is 47.5 Å². The summed E-state index contributed by atoms with van der Waals surface area (Å²) < 4.78 is 33.8. The van der Waals surface area contributed by atoms with E-state index in [1.165, 1.54) is 3.97 Å². The second kappa shape index (κ2) is 6.68. The van der Waals surface area contributed by atoms with Gasteiger partial charge in [0, 0.05) is 18.0 Å². The maximum absolute atomic E-state index is 13.6. The van der Waals surface area contributed by atoms with E-state index in [-0.39, 0.29) is 10.7 Å². The van der Waals surface area contributed by atoms with Gasteiger partial charge in [0.15, 0.2) is 5.78 Å². The molecule has 2 heterocycles. The highest BCUT2D eigenvalue weighted by Crippen LogP contribution is 2.43. The number of nitrogens with one attached hydrogen (secondary N) is 1. The lowest BCUT2D eigenvalue weighted by Crippen LogP contribution is -2.57. The third-order valence-electron chi connectivity index (χ3n) is 6.42. The van der Waals surface area contributed by atoms with Crippen LogP contribution < -0.4 is 10.1 Å². The molecule has 1 aliphatic carbocycles. The lowest BCUT2D eigenvalue weighted by molar-refractivity contribution is 0.0804. The van der Waals surface area contributed by atoms with E-state index in [1.807, 2.05) is 6.92 Å². The number of nitrogens with zero attached hydrogens (tertiary/aromatic N) is 1. The number of carbonyl (C=O) groups excluding carboxylic acids is 1. The first-order valence-corrected chi connectivity index (χ1v) is 11.6. The van der Waals surface area contributed by atoms with E-state index in [4.69, 9.17) is 4.74 Å². The summed E-state index contributed by atoms with van der Waals surface area (Å²) in [6, 6.07) is 10.2. The lowest BCUT2D eigenvalue weighted by Gasteiger charge is -2.39. The molecule has 1 fully saturated rings. The molecular weight excluding hydrogens is 400 g/mol. The molecule has 6 nitrogen and oxygen atoms in total. The van der Waals surface area contributed by atoms with Gasteiger partial charge in [-0.2, -0.15) is 0 Å². The molecule has 0 saturated carbocycles. The van der Waals surface area contributed by atoms with Gasteiger partial charge in [0.1, 0.15) is 5.75 Å². The van der Waals surface area contributed by atoms with Crippen molar-refractivity contribution in [2.24, 2.45) is 0 Å². The van der Waals surface area contributed by atoms with Crippen LogP contribution >= 0.6 is 0 Å². The second-order valence-corrected chi connectivity index (χ2v) is 10.1. The molecule has 0 amide bonds. The van der Waals surface area contributed by atoms with Gasteiger partial charge in [-0.1, -0.05) is 17.7 Å². The summed E-state index contributed by atoms with van der Waals surface area (Å²) >= 11 is 0. The Hall–Kier alpha value is -2.64. The van der Waals surface area contributed by atoms with E-state index in [9.17, 15) is 13.2 Å². The Labute approximate surface area is 175 Å². The average Bonchev–Trinajstić information content (AvgIpc) is 3.12. The van der Waals surface area contributed by atoms with Crippen molar-refractivity contribution >= 4 is 26.7 Å². The number of Topliss-reactive ketones (excluding diaryl/α,β-unsaturated/α-hetero) is 1. The largest absolute Gasteiger partial charge is 0.496 e. The average molecular weight is 425 g/mol. The second-order valence-electron chi connectivity index (χ2n) is 8.28. The van der Waals surface area contributed by atoms with Crippen LogP contribution in [0.2, 0.25) is 0 Å². The quantitative estimate of drug-likeness (QED) is 0.697. The van der Waals surface area contributed by atoms with Crippen molar-refractivity contribution < 1.29 is 17.9 Å². The predicted molar refractivity (Wildman–Crippen MR) is 115 cm³/mol. The molecule has 3 aromatic rings. The topological polar surface area (TPSA) is 77.4 Å². The van der Waals surface area contributed by atoms with Gasteiger partial charge in [-0.25, -0.2) is 12.4 Å². The Morgan fingerprint density at radius 2 is 1.87 bits per heavy atom. The van der Waals surface area contributed by atoms with Crippen LogP contribution in [0.25, 0.3) is 10.9 Å². The predicted octanol–water partition coefficient (Wildman–Crippen LogP) is 3.45. The molecule has 1 spiro atoms. The highest BCUT2D eigenvalue weighted by Gasteiger charge is 2.46. The van der Waals surface area contributed by atoms with E-state index in [1.54, 1.807) is 49.7 Å². The molecule has 1 aliphatic heterocycles. The van der Waals surface area contributed by atoms with Crippen LogP contribution in [-0.4, -0.2) is 37.4 Å². The van der Waals surface area contributed by atoms with E-state index in [0.29, 0.717) is 28.6 Å². The minimum Gasteiger partial charge on any atom is -0.496 e. The van der Waals surface area contributed by atoms with Gasteiger partial charge in [0.05, 0.1) is 28.6 Å². The van der Waals surface area contributed by atoms with Crippen LogP contribution in [0.5, 0.6) is 5.75 Å². The van der Waals surface area contributed by atoms with Crippen LogP contribution in [0.3, 0.4) is 0 Å². The van der Waals surface area contributed by atoms with E-state index in [2.05, 4.69) is 5.32 Å². The molecule has 1 N–H and O–H groups in total. The number of aryl methyl sites for hydroxylation is 1. The number of carbonyl (C=O) groups is 1. The number of ketones is 1. The third kappa shape index (κ3) is 2.65. The van der Waals surface area contributed by atoms with Crippen molar-refractivity contribution in [2.45, 2.75) is 43.0 Å². The first kappa shape index (κ1) is 19.3. The molecule has 1 aromatic heterocycles. The van der Waals surface area contributed by atoms with E-state index in [0.717, 1.165) is 36.9 Å². The summed E-state index contributed by atoms with van der Waals surface area (Å²) in [5.41, 5.74) is 2.17. The third-order valence-corrected chi connectivity index (χ3v) is 8.11. The molecule has 30 heavy (non-hydrogen) atoms. The number of hydrogen-bond acceptors (Lipinski definition) is 5. The first-order chi connectivity index (χ1) is 14.4. The molecule has 1 atom stereocenters. The number of benzene rings is 2. The van der Waals surface area contributed by atoms with Crippen molar-refractivity contribution in [3.05, 3.63) is 59.3 Å². The Bertz CT molecular complexity index is 1270. The number of methoxy groups -OCH3 is 1. The zero-order valence-corrected chi connectivity index (χ0v) is 17.9. The van der Waals surface area contributed by atoms with Gasteiger partial charge in [-0.15, -0.1) is 0 Å². The first-order valence-electron chi connectivity index (χ1n) is 10.2. The number of hydrogen-bond donors (Lipinski definition) is 1. The van der Waals surface area contributed by atoms with E-state index < -0.39 is 15.6 Å². The Morgan fingerprint density at radius 1 is 1.10 bits per heavy atom. The molecule has 0 radical (unpaired) electrons. The van der Waals surface area contributed by atoms with Gasteiger partial charge >= 0.3 is 0 Å². The zero-order chi connectivity index (χ0) is 21.1. The highest BCUT2D eigenvalue weighted by molar-refractivity contribution is 7.90. The summed E-state index contributed by atoms with van der Waals surface area (Å²) in [4.78, 5) is 13.9. The van der Waals surface area contributed by atoms with Crippen LogP contribution in [0.4, 0.5) is 0 Å². The maximum Gasteiger partial charge on any atom is 0.268 e. The molecule has 0 bridgehead atoms. The normalized spacial score (nSPS) is 21.3. The van der Waals surface area contributed by atoms with Crippen molar-refractivity contribution in [2.75, 3.05) is 13.7 Å². The Balaban J connectivity index is 1.76. The monoisotopic (exact) mass is 424 g/mol. The van der Waals surface area contributed by atoms with Gasteiger partial charge < -0.3 is 10.1 Å². The molecule has 1 saturated heterocycles. The fourth-order valence-corrected chi connectivity index (χ4v) is 6.25. The van der Waals surface area contributed by atoms with E-state index >= 15 is 0 Å². The number of rotatable bonds is 3. The Kier molecular flexibility index (Phi) is 4.31. The van der Waals surface area contributed by atoms with Crippen LogP contribution in [0.1, 0.15) is 40.7 Å². The smallest absolute Gasteiger partial charge is 0.268 e. The highest BCUT2D eigenvalue weighted by atomic mass is 32.2. The van der Waals surface area contributed by atoms with Crippen molar-refractivity contribution in [1.29, 1.82) is 0 Å². The Morgan fingerprint density at radius 3 is 2.53 bits per heavy atom. The summed E-state index contributed by atoms with van der Waals surface area (Å²) in [6.07, 6.45) is 4.91. The number of piperidine rings is 1. The maximum atomic E-state index is 13.6. The SMILES string of the molecule is COc1ccc2c3c(cn2S(=O)(=O)c2ccc(C)cc2)CC2(CCCCN2)C(=O)c13. The van der Waals surface area contributed by atoms with Crippen molar-refractivity contribution in [3.63, 3.8) is 0 Å². The number of aromatic nitrogens is 1. The summed E-state index contributed by atoms with van der Waals surface area (Å²) in [6.45, 7) is 2.70. The van der Waals surface area contributed by atoms with Gasteiger partial charge in [-0.05, 0) is 62.6 Å². The fourth-order valence-electron chi connectivity index (χ4n) is 4.87. The fraction of sp³-hybridized carbons (Fsp3) is 0.348. The van der Waals surface area contributed by atoms with Crippen molar-refractivity contribution in [3.8, 4) is 5.75 Å². The summed E-state index contributed by atoms with van der Waals surface area (Å²) in [5.74, 6) is 0.494. The van der Waals surface area contributed by atoms with Crippen LogP contribution in [-0.2, 0) is 16.4 Å². The molecular formula is C23H24N2O4S. The van der Waals surface area contributed by atoms with Gasteiger partial charge in [0.25, 0.3) is 10.0 Å². The molecule has 1 unspecified atom stereocenters. The molecule has 2 aromatic carbocycles. The standard InChI is InChI=1S/C23H24N2O4S/c1-15-5-7-17(8-6-15)30(27,28)25-14-16-13-23(11-3-4-12-24-23)22(26)21-19(29-2)10-9-18(25)20(16)21/h5-10,14,24H,3-4,11-13H2,1-2H3. The lowest BCUT2D eigenvalue weighted by atomic mass is 9.73. The molecule has 156 valence electrons. The molecule has 7 heteroatoms. The summed E-state index contributed by atoms with van der Waals surface area (Å²) in [7, 11) is -2.25. The minimum atomic E-state index is -3.80. The molecule has 5 rings (SSSR count). The number of ether oxygens (including phenoxy) is 1. The minimum absolute atomic E-state index is 0.00244. The van der Waals surface area contributed by atoms with Gasteiger partial charge in [-0.3, -0.25) is 4.79 Å². The van der Waals surface area contributed by atoms with Gasteiger partial charge in [0.2, 0.25) is 0 Å². The van der Waals surface area contributed by atoms with Crippen LogP contribution in [0, 0.1) is 6.92 Å². The zero-order valence-electron chi connectivity index (χ0n) is 17.1.